The van der Waals surface area contributed by atoms with Gasteiger partial charge in [0.05, 0.1) is 25.1 Å². The number of benzene rings is 1. The molecule has 1 amide bonds. The molecule has 0 radical (unpaired) electrons. The summed E-state index contributed by atoms with van der Waals surface area (Å²) >= 11 is 3.37. The predicted octanol–water partition coefficient (Wildman–Crippen LogP) is 2.65. The van der Waals surface area contributed by atoms with Gasteiger partial charge in [-0.05, 0) is 28.1 Å². The summed E-state index contributed by atoms with van der Waals surface area (Å²) in [5.41, 5.74) is 1.92. The van der Waals surface area contributed by atoms with Crippen LogP contribution in [-0.4, -0.2) is 34.4 Å². The summed E-state index contributed by atoms with van der Waals surface area (Å²) in [5, 5.41) is 9.04. The number of halogens is 1. The molecule has 1 aromatic carbocycles. The molecule has 0 N–H and O–H groups in total. The highest BCUT2D eigenvalue weighted by Crippen LogP contribution is 2.25. The fourth-order valence-electron chi connectivity index (χ4n) is 2.24. The summed E-state index contributed by atoms with van der Waals surface area (Å²) in [6.45, 7) is 0. The first-order valence-electron chi connectivity index (χ1n) is 6.90. The molecule has 120 valence electrons. The lowest BCUT2D eigenvalue weighted by molar-refractivity contribution is 0.0988. The molecule has 0 aliphatic rings. The van der Waals surface area contributed by atoms with Crippen LogP contribution in [0.5, 0.6) is 5.75 Å². The van der Waals surface area contributed by atoms with E-state index < -0.39 is 0 Å². The van der Waals surface area contributed by atoms with E-state index >= 15 is 0 Å². The highest BCUT2D eigenvalue weighted by molar-refractivity contribution is 9.10. The second-order valence-corrected chi connectivity index (χ2v) is 5.75. The van der Waals surface area contributed by atoms with Crippen LogP contribution in [0.15, 0.2) is 41.4 Å². The van der Waals surface area contributed by atoms with Crippen molar-refractivity contribution >= 4 is 33.2 Å². The van der Waals surface area contributed by atoms with Crippen LogP contribution < -0.4 is 9.64 Å². The number of imidazole rings is 1. The van der Waals surface area contributed by atoms with Crippen molar-refractivity contribution in [3.63, 3.8) is 0 Å². The van der Waals surface area contributed by atoms with Crippen LogP contribution in [0.1, 0.15) is 16.1 Å². The molecule has 24 heavy (non-hydrogen) atoms. The van der Waals surface area contributed by atoms with Gasteiger partial charge in [0.25, 0.3) is 5.91 Å². The Bertz CT molecular complexity index is 976. The van der Waals surface area contributed by atoms with Gasteiger partial charge in [0.2, 0.25) is 0 Å². The summed E-state index contributed by atoms with van der Waals surface area (Å²) in [7, 11) is 3.12. The molecular formula is C16H12BrN5O2. The number of hydrogen-bond donors (Lipinski definition) is 0. The van der Waals surface area contributed by atoms with Crippen LogP contribution in [0.2, 0.25) is 0 Å². The summed E-state index contributed by atoms with van der Waals surface area (Å²) in [6.07, 6.45) is 4.79. The average Bonchev–Trinajstić information content (AvgIpc) is 3.00. The van der Waals surface area contributed by atoms with Gasteiger partial charge in [-0.2, -0.15) is 5.26 Å². The van der Waals surface area contributed by atoms with E-state index in [9.17, 15) is 4.79 Å². The highest BCUT2D eigenvalue weighted by atomic mass is 79.9. The Balaban J connectivity index is 1.96. The second-order valence-electron chi connectivity index (χ2n) is 4.94. The monoisotopic (exact) mass is 385 g/mol. The van der Waals surface area contributed by atoms with Gasteiger partial charge in [0.1, 0.15) is 22.1 Å². The zero-order valence-corrected chi connectivity index (χ0v) is 14.5. The normalized spacial score (nSPS) is 10.4. The predicted molar refractivity (Wildman–Crippen MR) is 91.1 cm³/mol. The highest BCUT2D eigenvalue weighted by Gasteiger charge is 2.17. The van der Waals surface area contributed by atoms with Gasteiger partial charge in [-0.3, -0.25) is 9.20 Å². The van der Waals surface area contributed by atoms with E-state index in [4.69, 9.17) is 10.00 Å². The van der Waals surface area contributed by atoms with Crippen molar-refractivity contribution in [1.29, 1.82) is 5.26 Å². The van der Waals surface area contributed by atoms with Gasteiger partial charge >= 0.3 is 0 Å². The minimum Gasteiger partial charge on any atom is -0.495 e. The van der Waals surface area contributed by atoms with Gasteiger partial charge in [0.15, 0.2) is 5.65 Å². The minimum atomic E-state index is -0.288. The minimum absolute atomic E-state index is 0.270. The van der Waals surface area contributed by atoms with Crippen LogP contribution in [0.3, 0.4) is 0 Å². The molecule has 0 atom stereocenters. The fourth-order valence-corrected chi connectivity index (χ4v) is 2.63. The van der Waals surface area contributed by atoms with Crippen molar-refractivity contribution < 1.29 is 9.53 Å². The molecule has 2 heterocycles. The summed E-state index contributed by atoms with van der Waals surface area (Å²) in [6, 6.07) is 6.98. The number of methoxy groups -OCH3 is 1. The third kappa shape index (κ3) is 2.70. The van der Waals surface area contributed by atoms with Crippen molar-refractivity contribution in [3.05, 3.63) is 52.7 Å². The zero-order chi connectivity index (χ0) is 17.3. The van der Waals surface area contributed by atoms with E-state index in [1.165, 1.54) is 18.2 Å². The van der Waals surface area contributed by atoms with Gasteiger partial charge in [-0.15, -0.1) is 0 Å². The quantitative estimate of drug-likeness (QED) is 0.691. The molecule has 8 heteroatoms. The molecule has 0 bridgehead atoms. The maximum absolute atomic E-state index is 12.7. The van der Waals surface area contributed by atoms with Crippen LogP contribution in [-0.2, 0) is 0 Å². The van der Waals surface area contributed by atoms with E-state index in [1.54, 1.807) is 42.0 Å². The molecule has 2 aromatic heterocycles. The molecule has 0 aliphatic carbocycles. The molecule has 0 saturated carbocycles. The molecule has 0 unspecified atom stereocenters. The van der Waals surface area contributed by atoms with E-state index in [2.05, 4.69) is 25.9 Å². The molecule has 0 fully saturated rings. The van der Waals surface area contributed by atoms with E-state index in [0.717, 1.165) is 4.60 Å². The zero-order valence-electron chi connectivity index (χ0n) is 12.9. The van der Waals surface area contributed by atoms with Gasteiger partial charge in [0, 0.05) is 25.0 Å². The fraction of sp³-hybridized carbons (Fsp3) is 0.125. The first kappa shape index (κ1) is 16.0. The van der Waals surface area contributed by atoms with Crippen LogP contribution in [0.25, 0.3) is 5.65 Å². The SMILES string of the molecule is COc1cc(N(C)C(=O)c2cn3c(Br)cnc3cn2)ccc1C#N. The number of nitriles is 1. The van der Waals surface area contributed by atoms with Crippen molar-refractivity contribution in [2.24, 2.45) is 0 Å². The maximum Gasteiger partial charge on any atom is 0.278 e. The molecule has 3 rings (SSSR count). The Morgan fingerprint density at radius 1 is 1.38 bits per heavy atom. The first-order valence-corrected chi connectivity index (χ1v) is 7.69. The van der Waals surface area contributed by atoms with E-state index in [0.29, 0.717) is 22.6 Å². The lowest BCUT2D eigenvalue weighted by atomic mass is 10.2. The number of ether oxygens (including phenoxy) is 1. The molecule has 0 aliphatic heterocycles. The Kier molecular flexibility index (Phi) is 4.18. The summed E-state index contributed by atoms with van der Waals surface area (Å²) in [4.78, 5) is 22.4. The second kappa shape index (κ2) is 6.29. The summed E-state index contributed by atoms with van der Waals surface area (Å²) < 4.78 is 7.64. The van der Waals surface area contributed by atoms with Crippen LogP contribution in [0.4, 0.5) is 5.69 Å². The molecule has 7 nitrogen and oxygen atoms in total. The number of aromatic nitrogens is 3. The number of hydrogen-bond acceptors (Lipinski definition) is 5. The van der Waals surface area contributed by atoms with Crippen molar-refractivity contribution in [2.45, 2.75) is 0 Å². The molecule has 0 spiro atoms. The average molecular weight is 386 g/mol. The van der Waals surface area contributed by atoms with E-state index in [1.807, 2.05) is 6.07 Å². The van der Waals surface area contributed by atoms with E-state index in [-0.39, 0.29) is 11.6 Å². The summed E-state index contributed by atoms with van der Waals surface area (Å²) in [5.74, 6) is 0.125. The smallest absolute Gasteiger partial charge is 0.278 e. The standard InChI is InChI=1S/C16H12BrN5O2/c1-21(11-4-3-10(6-18)13(5-11)24-2)16(23)12-9-22-14(17)7-20-15(22)8-19-12/h3-5,7-9H,1-2H3. The van der Waals surface area contributed by atoms with Crippen molar-refractivity contribution in [2.75, 3.05) is 19.1 Å². The number of amides is 1. The van der Waals surface area contributed by atoms with Gasteiger partial charge in [-0.1, -0.05) is 0 Å². The lowest BCUT2D eigenvalue weighted by Gasteiger charge is -2.18. The number of anilines is 1. The Morgan fingerprint density at radius 2 is 2.17 bits per heavy atom. The van der Waals surface area contributed by atoms with Crippen LogP contribution >= 0.6 is 15.9 Å². The van der Waals surface area contributed by atoms with Crippen LogP contribution in [0, 0.1) is 11.3 Å². The van der Waals surface area contributed by atoms with Crippen molar-refractivity contribution in [3.8, 4) is 11.8 Å². The molecular weight excluding hydrogens is 374 g/mol. The van der Waals surface area contributed by atoms with Gasteiger partial charge < -0.3 is 9.64 Å². The first-order chi connectivity index (χ1) is 11.5. The molecule has 0 saturated heterocycles. The Hall–Kier alpha value is -2.92. The third-order valence-electron chi connectivity index (χ3n) is 3.57. The number of carbonyl (C=O) groups is 1. The Labute approximate surface area is 146 Å². The van der Waals surface area contributed by atoms with Crippen molar-refractivity contribution in [1.82, 2.24) is 14.4 Å². The third-order valence-corrected chi connectivity index (χ3v) is 4.15. The van der Waals surface area contributed by atoms with Gasteiger partial charge in [-0.25, -0.2) is 9.97 Å². The number of carbonyl (C=O) groups excluding carboxylic acids is 1. The largest absolute Gasteiger partial charge is 0.495 e. The number of fused-ring (bicyclic) bond motifs is 1. The Morgan fingerprint density at radius 3 is 2.88 bits per heavy atom. The topological polar surface area (TPSA) is 83.5 Å². The maximum atomic E-state index is 12.7. The number of rotatable bonds is 3. The number of nitrogens with zero attached hydrogens (tertiary/aromatic N) is 5. The lowest BCUT2D eigenvalue weighted by Crippen LogP contribution is -2.27. The molecule has 3 aromatic rings.